The summed E-state index contributed by atoms with van der Waals surface area (Å²) in [5.74, 6) is -0.0461. The third kappa shape index (κ3) is 3.87. The molecule has 3 aromatic rings. The van der Waals surface area contributed by atoms with Crippen LogP contribution in [0.3, 0.4) is 0 Å². The molecule has 1 fully saturated rings. The number of nitrogens with zero attached hydrogens (tertiary/aromatic N) is 3. The SMILES string of the molecule is Cc1cc(C)cc(N2CC(c3nc(-c4cccc(C(F)(F)F)c4)no3)CC2=O)c1. The maximum Gasteiger partial charge on any atom is 0.416 e. The van der Waals surface area contributed by atoms with E-state index in [0.717, 1.165) is 28.9 Å². The number of hydrogen-bond donors (Lipinski definition) is 0. The summed E-state index contributed by atoms with van der Waals surface area (Å²) >= 11 is 0. The van der Waals surface area contributed by atoms with Crippen molar-refractivity contribution in [3.05, 3.63) is 65.0 Å². The zero-order valence-corrected chi connectivity index (χ0v) is 15.8. The standard InChI is InChI=1S/C21H18F3N3O2/c1-12-6-13(2)8-17(7-12)27-11-15(10-18(27)28)20-25-19(26-29-20)14-4-3-5-16(9-14)21(22,23)24/h3-9,15H,10-11H2,1-2H3. The molecule has 0 saturated carbocycles. The van der Waals surface area contributed by atoms with Gasteiger partial charge in [-0.1, -0.05) is 23.4 Å². The monoisotopic (exact) mass is 401 g/mol. The number of hydrogen-bond acceptors (Lipinski definition) is 4. The van der Waals surface area contributed by atoms with Crippen LogP contribution >= 0.6 is 0 Å². The largest absolute Gasteiger partial charge is 0.416 e. The van der Waals surface area contributed by atoms with E-state index in [-0.39, 0.29) is 35.5 Å². The predicted octanol–water partition coefficient (Wildman–Crippen LogP) is 4.89. The Morgan fingerprint density at radius 3 is 2.52 bits per heavy atom. The summed E-state index contributed by atoms with van der Waals surface area (Å²) in [5.41, 5.74) is 2.36. The van der Waals surface area contributed by atoms with E-state index >= 15 is 0 Å². The summed E-state index contributed by atoms with van der Waals surface area (Å²) in [4.78, 5) is 18.5. The molecule has 1 atom stereocenters. The molecule has 4 rings (SSSR count). The van der Waals surface area contributed by atoms with Crippen LogP contribution in [0.2, 0.25) is 0 Å². The molecule has 2 heterocycles. The maximum absolute atomic E-state index is 12.9. The Balaban J connectivity index is 1.57. The number of aryl methyl sites for hydroxylation is 2. The van der Waals surface area contributed by atoms with Gasteiger partial charge in [-0.3, -0.25) is 4.79 Å². The van der Waals surface area contributed by atoms with E-state index in [1.54, 1.807) is 4.90 Å². The van der Waals surface area contributed by atoms with Gasteiger partial charge in [0, 0.05) is 24.2 Å². The van der Waals surface area contributed by atoms with Gasteiger partial charge in [0.2, 0.25) is 17.6 Å². The van der Waals surface area contributed by atoms with Gasteiger partial charge in [-0.05, 0) is 49.2 Å². The van der Waals surface area contributed by atoms with Crippen LogP contribution in [0, 0.1) is 13.8 Å². The van der Waals surface area contributed by atoms with E-state index in [1.165, 1.54) is 12.1 Å². The van der Waals surface area contributed by atoms with Crippen LogP contribution in [-0.4, -0.2) is 22.6 Å². The van der Waals surface area contributed by atoms with Crippen molar-refractivity contribution >= 4 is 11.6 Å². The fourth-order valence-electron chi connectivity index (χ4n) is 3.58. The minimum Gasteiger partial charge on any atom is -0.339 e. The quantitative estimate of drug-likeness (QED) is 0.627. The molecule has 150 valence electrons. The number of rotatable bonds is 3. The summed E-state index contributed by atoms with van der Waals surface area (Å²) in [6.45, 7) is 4.31. The molecule has 0 bridgehead atoms. The number of carbonyl (C=O) groups excluding carboxylic acids is 1. The van der Waals surface area contributed by atoms with Crippen molar-refractivity contribution in [3.8, 4) is 11.4 Å². The normalized spacial score (nSPS) is 17.2. The lowest BCUT2D eigenvalue weighted by Gasteiger charge is -2.17. The van der Waals surface area contributed by atoms with Crippen molar-refractivity contribution in [1.82, 2.24) is 10.1 Å². The van der Waals surface area contributed by atoms with Gasteiger partial charge in [-0.2, -0.15) is 18.2 Å². The number of alkyl halides is 3. The predicted molar refractivity (Wildman–Crippen MR) is 100 cm³/mol. The highest BCUT2D eigenvalue weighted by Crippen LogP contribution is 2.34. The molecule has 1 aromatic heterocycles. The van der Waals surface area contributed by atoms with Gasteiger partial charge in [0.1, 0.15) is 0 Å². The molecule has 1 unspecified atom stereocenters. The van der Waals surface area contributed by atoms with E-state index in [2.05, 4.69) is 10.1 Å². The van der Waals surface area contributed by atoms with E-state index < -0.39 is 11.7 Å². The third-order valence-corrected chi connectivity index (χ3v) is 4.88. The Labute approximate surface area is 165 Å². The first-order chi connectivity index (χ1) is 13.7. The molecule has 1 aliphatic heterocycles. The van der Waals surface area contributed by atoms with Gasteiger partial charge in [-0.15, -0.1) is 0 Å². The van der Waals surface area contributed by atoms with E-state index in [4.69, 9.17) is 4.52 Å². The Morgan fingerprint density at radius 2 is 1.83 bits per heavy atom. The topological polar surface area (TPSA) is 59.2 Å². The van der Waals surface area contributed by atoms with Crippen molar-refractivity contribution in [2.45, 2.75) is 32.4 Å². The molecule has 1 saturated heterocycles. The van der Waals surface area contributed by atoms with E-state index in [1.807, 2.05) is 32.0 Å². The molecular weight excluding hydrogens is 383 g/mol. The van der Waals surface area contributed by atoms with Gasteiger partial charge in [-0.25, -0.2) is 0 Å². The fourth-order valence-corrected chi connectivity index (χ4v) is 3.58. The highest BCUT2D eigenvalue weighted by molar-refractivity contribution is 5.96. The summed E-state index contributed by atoms with van der Waals surface area (Å²) < 4.78 is 44.1. The lowest BCUT2D eigenvalue weighted by molar-refractivity contribution is -0.137. The van der Waals surface area contributed by atoms with Crippen LogP contribution < -0.4 is 4.90 Å². The number of halogens is 3. The van der Waals surface area contributed by atoms with E-state index in [9.17, 15) is 18.0 Å². The zero-order chi connectivity index (χ0) is 20.8. The van der Waals surface area contributed by atoms with Crippen LogP contribution in [0.5, 0.6) is 0 Å². The number of anilines is 1. The Morgan fingerprint density at radius 1 is 1.10 bits per heavy atom. The van der Waals surface area contributed by atoms with Crippen LogP contribution in [0.15, 0.2) is 47.0 Å². The van der Waals surface area contributed by atoms with Crippen LogP contribution in [-0.2, 0) is 11.0 Å². The van der Waals surface area contributed by atoms with Gasteiger partial charge in [0.15, 0.2) is 0 Å². The average Bonchev–Trinajstić information content (AvgIpc) is 3.27. The Kier molecular flexibility index (Phi) is 4.64. The van der Waals surface area contributed by atoms with Crippen molar-refractivity contribution in [2.24, 2.45) is 0 Å². The molecule has 0 radical (unpaired) electrons. The number of amides is 1. The molecule has 0 aliphatic carbocycles. The van der Waals surface area contributed by atoms with Crippen molar-refractivity contribution < 1.29 is 22.5 Å². The fraction of sp³-hybridized carbons (Fsp3) is 0.286. The highest BCUT2D eigenvalue weighted by Gasteiger charge is 2.36. The van der Waals surface area contributed by atoms with Gasteiger partial charge >= 0.3 is 6.18 Å². The van der Waals surface area contributed by atoms with Crippen molar-refractivity contribution in [1.29, 1.82) is 0 Å². The van der Waals surface area contributed by atoms with Crippen molar-refractivity contribution in [2.75, 3.05) is 11.4 Å². The molecule has 1 amide bonds. The molecule has 2 aromatic carbocycles. The number of carbonyl (C=O) groups is 1. The molecule has 1 aliphatic rings. The highest BCUT2D eigenvalue weighted by atomic mass is 19.4. The summed E-state index contributed by atoms with van der Waals surface area (Å²) in [6, 6.07) is 10.7. The molecular formula is C21H18F3N3O2. The smallest absolute Gasteiger partial charge is 0.339 e. The van der Waals surface area contributed by atoms with Gasteiger partial charge in [0.05, 0.1) is 11.5 Å². The Hall–Kier alpha value is -3.16. The summed E-state index contributed by atoms with van der Waals surface area (Å²) in [5, 5.41) is 3.82. The Bertz CT molecular complexity index is 1050. The lowest BCUT2D eigenvalue weighted by atomic mass is 10.1. The lowest BCUT2D eigenvalue weighted by Crippen LogP contribution is -2.24. The summed E-state index contributed by atoms with van der Waals surface area (Å²) in [7, 11) is 0. The second kappa shape index (κ2) is 7.02. The first-order valence-electron chi connectivity index (χ1n) is 9.10. The second-order valence-corrected chi connectivity index (χ2v) is 7.29. The van der Waals surface area contributed by atoms with E-state index in [0.29, 0.717) is 6.54 Å². The first kappa shape index (κ1) is 19.2. The second-order valence-electron chi connectivity index (χ2n) is 7.29. The molecule has 0 N–H and O–H groups in total. The van der Waals surface area contributed by atoms with Crippen molar-refractivity contribution in [3.63, 3.8) is 0 Å². The zero-order valence-electron chi connectivity index (χ0n) is 15.8. The number of aromatic nitrogens is 2. The summed E-state index contributed by atoms with van der Waals surface area (Å²) in [6.07, 6.45) is -4.25. The minimum atomic E-state index is -4.45. The molecule has 5 nitrogen and oxygen atoms in total. The third-order valence-electron chi connectivity index (χ3n) is 4.88. The minimum absolute atomic E-state index is 0.0566. The molecule has 0 spiro atoms. The van der Waals surface area contributed by atoms with Gasteiger partial charge in [0.25, 0.3) is 0 Å². The number of benzene rings is 2. The van der Waals surface area contributed by atoms with Crippen LogP contribution in [0.4, 0.5) is 18.9 Å². The van der Waals surface area contributed by atoms with Crippen LogP contribution in [0.25, 0.3) is 11.4 Å². The molecule has 8 heteroatoms. The van der Waals surface area contributed by atoms with Crippen LogP contribution in [0.1, 0.15) is 34.9 Å². The first-order valence-corrected chi connectivity index (χ1v) is 9.10. The average molecular weight is 401 g/mol. The van der Waals surface area contributed by atoms with Gasteiger partial charge < -0.3 is 9.42 Å². The maximum atomic E-state index is 12.9. The molecule has 29 heavy (non-hydrogen) atoms.